The van der Waals surface area contributed by atoms with E-state index in [0.717, 1.165) is 5.75 Å². The van der Waals surface area contributed by atoms with E-state index in [4.69, 9.17) is 25.7 Å². The minimum absolute atomic E-state index is 0.157. The molecule has 1 amide bonds. The van der Waals surface area contributed by atoms with Crippen LogP contribution in [0.2, 0.25) is 0 Å². The van der Waals surface area contributed by atoms with Crippen LogP contribution in [0.1, 0.15) is 26.5 Å². The number of anilines is 1. The van der Waals surface area contributed by atoms with Gasteiger partial charge in [0, 0.05) is 12.8 Å². The fourth-order valence-electron chi connectivity index (χ4n) is 3.80. The minimum Gasteiger partial charge on any atom is -0.382 e. The quantitative estimate of drug-likeness (QED) is 0.505. The summed E-state index contributed by atoms with van der Waals surface area (Å²) in [5, 5.41) is 2.56. The molecule has 11 nitrogen and oxygen atoms in total. The van der Waals surface area contributed by atoms with E-state index in [1.54, 1.807) is 25.1 Å². The van der Waals surface area contributed by atoms with Crippen molar-refractivity contribution in [3.05, 3.63) is 12.7 Å². The van der Waals surface area contributed by atoms with E-state index in [1.807, 2.05) is 18.4 Å². The molecule has 4 rings (SSSR count). The third-order valence-corrected chi connectivity index (χ3v) is 6.31. The van der Waals surface area contributed by atoms with Gasteiger partial charge in [0.1, 0.15) is 24.1 Å². The van der Waals surface area contributed by atoms with Gasteiger partial charge in [-0.2, -0.15) is 11.8 Å². The molecule has 30 heavy (non-hydrogen) atoms. The average Bonchev–Trinajstić information content (AvgIpc) is 3.36. The molecule has 5 atom stereocenters. The number of ether oxygens (including phenoxy) is 3. The van der Waals surface area contributed by atoms with Crippen molar-refractivity contribution in [3.8, 4) is 0 Å². The molecule has 164 valence electrons. The monoisotopic (exact) mass is 437 g/mol. The summed E-state index contributed by atoms with van der Waals surface area (Å²) in [6.45, 7) is 3.78. The molecule has 0 radical (unpaired) electrons. The molecule has 2 aliphatic rings. The van der Waals surface area contributed by atoms with Crippen LogP contribution in [0, 0.1) is 0 Å². The zero-order valence-electron chi connectivity index (χ0n) is 17.1. The lowest BCUT2D eigenvalue weighted by molar-refractivity contribution is -0.193. The number of likely N-dealkylation sites (N-methyl/N-ethyl adjacent to an activating group) is 1. The fourth-order valence-corrected chi connectivity index (χ4v) is 4.89. The Morgan fingerprint density at radius 3 is 2.87 bits per heavy atom. The van der Waals surface area contributed by atoms with Crippen LogP contribution in [0.15, 0.2) is 12.7 Å². The van der Waals surface area contributed by atoms with E-state index < -0.39 is 18.1 Å². The van der Waals surface area contributed by atoms with E-state index in [9.17, 15) is 4.79 Å². The maximum absolute atomic E-state index is 11.6. The van der Waals surface area contributed by atoms with Crippen LogP contribution in [-0.2, 0) is 19.0 Å². The molecule has 0 unspecified atom stereocenters. The molecule has 4 heterocycles. The predicted molar refractivity (Wildman–Crippen MR) is 111 cm³/mol. The second-order valence-corrected chi connectivity index (χ2v) is 8.95. The molecule has 2 aromatic rings. The fraction of sp³-hybridized carbons (Fsp3) is 0.667. The highest BCUT2D eigenvalue weighted by Crippen LogP contribution is 2.44. The van der Waals surface area contributed by atoms with Gasteiger partial charge in [-0.3, -0.25) is 9.36 Å². The van der Waals surface area contributed by atoms with Crippen molar-refractivity contribution in [3.63, 3.8) is 0 Å². The summed E-state index contributed by atoms with van der Waals surface area (Å²) in [7, 11) is 1.58. The normalized spacial score (nSPS) is 28.5. The molecule has 2 aliphatic heterocycles. The zero-order valence-corrected chi connectivity index (χ0v) is 18.0. The summed E-state index contributed by atoms with van der Waals surface area (Å²) in [4.78, 5) is 24.2. The second kappa shape index (κ2) is 8.27. The Hall–Kier alpha value is -1.99. The van der Waals surface area contributed by atoms with Crippen LogP contribution in [0.4, 0.5) is 5.82 Å². The summed E-state index contributed by atoms with van der Waals surface area (Å²) in [5.41, 5.74) is 12.9. The first-order valence-electron chi connectivity index (χ1n) is 9.80. The van der Waals surface area contributed by atoms with E-state index in [-0.39, 0.29) is 24.2 Å². The second-order valence-electron chi connectivity index (χ2n) is 7.80. The largest absolute Gasteiger partial charge is 0.382 e. The number of nitrogens with zero attached hydrogens (tertiary/aromatic N) is 4. The van der Waals surface area contributed by atoms with Gasteiger partial charge in [-0.1, -0.05) is 0 Å². The van der Waals surface area contributed by atoms with Crippen molar-refractivity contribution in [2.75, 3.05) is 24.3 Å². The Morgan fingerprint density at radius 2 is 2.10 bits per heavy atom. The van der Waals surface area contributed by atoms with Gasteiger partial charge in [-0.05, 0) is 26.0 Å². The number of nitrogen functional groups attached to an aromatic ring is 1. The average molecular weight is 438 g/mol. The molecular formula is C18H27N7O4S. The number of thioether (sulfide) groups is 1. The van der Waals surface area contributed by atoms with Gasteiger partial charge in [0.15, 0.2) is 23.5 Å². The Morgan fingerprint density at radius 1 is 1.33 bits per heavy atom. The van der Waals surface area contributed by atoms with Gasteiger partial charge in [0.25, 0.3) is 0 Å². The minimum atomic E-state index is -0.716. The van der Waals surface area contributed by atoms with Crippen molar-refractivity contribution in [2.45, 2.75) is 56.6 Å². The van der Waals surface area contributed by atoms with Crippen LogP contribution in [0.3, 0.4) is 0 Å². The van der Waals surface area contributed by atoms with Crippen molar-refractivity contribution in [2.24, 2.45) is 5.73 Å². The molecule has 2 saturated heterocycles. The number of carbonyl (C=O) groups excluding carboxylic acids is 1. The summed E-state index contributed by atoms with van der Waals surface area (Å²) in [5.74, 6) is 0.860. The van der Waals surface area contributed by atoms with E-state index >= 15 is 0 Å². The number of nitrogens with two attached hydrogens (primary N) is 2. The Balaban J connectivity index is 1.47. The first-order valence-corrected chi connectivity index (χ1v) is 10.9. The predicted octanol–water partition coefficient (Wildman–Crippen LogP) is 0.0226. The maximum atomic E-state index is 11.6. The molecule has 0 spiro atoms. The smallest absolute Gasteiger partial charge is 0.236 e. The van der Waals surface area contributed by atoms with Gasteiger partial charge in [0.05, 0.1) is 18.5 Å². The number of amides is 1. The van der Waals surface area contributed by atoms with Crippen LogP contribution in [0.5, 0.6) is 0 Å². The highest BCUT2D eigenvalue weighted by Gasteiger charge is 2.56. The first kappa shape index (κ1) is 21.2. The first-order chi connectivity index (χ1) is 14.3. The molecule has 0 aromatic carbocycles. The van der Waals surface area contributed by atoms with Crippen molar-refractivity contribution >= 4 is 34.7 Å². The van der Waals surface area contributed by atoms with Crippen molar-refractivity contribution < 1.29 is 19.0 Å². The van der Waals surface area contributed by atoms with Gasteiger partial charge in [-0.15, -0.1) is 0 Å². The highest BCUT2D eigenvalue weighted by atomic mass is 32.2. The lowest BCUT2D eigenvalue weighted by atomic mass is 10.1. The van der Waals surface area contributed by atoms with Crippen LogP contribution in [-0.4, -0.2) is 74.1 Å². The lowest BCUT2D eigenvalue weighted by Gasteiger charge is -2.24. The van der Waals surface area contributed by atoms with Gasteiger partial charge >= 0.3 is 0 Å². The molecule has 0 bridgehead atoms. The Bertz CT molecular complexity index is 923. The molecule has 2 aromatic heterocycles. The SMILES string of the molecule is CNC(=O)[C@H](N)CCSC[C@H]1O[C@@H](n2cnc3c(N)ncnc32)[C@@H]2OC(C)(C)O[C@@H]21. The third kappa shape index (κ3) is 3.97. The van der Waals surface area contributed by atoms with Crippen molar-refractivity contribution in [1.82, 2.24) is 24.8 Å². The maximum Gasteiger partial charge on any atom is 0.236 e. The van der Waals surface area contributed by atoms with E-state index in [2.05, 4.69) is 20.3 Å². The molecule has 0 aliphatic carbocycles. The number of nitrogens with one attached hydrogen (secondary N) is 1. The van der Waals surface area contributed by atoms with Gasteiger partial charge < -0.3 is 31.0 Å². The number of rotatable bonds is 7. The molecule has 0 saturated carbocycles. The zero-order chi connectivity index (χ0) is 21.5. The van der Waals surface area contributed by atoms with Crippen LogP contribution >= 0.6 is 11.8 Å². The van der Waals surface area contributed by atoms with Crippen LogP contribution in [0.25, 0.3) is 11.2 Å². The van der Waals surface area contributed by atoms with Gasteiger partial charge in [-0.25, -0.2) is 15.0 Å². The number of carbonyl (C=O) groups is 1. The standard InChI is InChI=1S/C18H27N7O4S/c1-18(2)28-12-10(6-30-5-4-9(19)16(26)21-3)27-17(13(12)29-18)25-8-24-11-14(20)22-7-23-15(11)25/h7-10,12-13,17H,4-6,19H2,1-3H3,(H,21,26)(H2,20,22,23)/t9-,10-,12-,13-,17-/m1/s1. The molecule has 12 heteroatoms. The van der Waals surface area contributed by atoms with E-state index in [0.29, 0.717) is 29.2 Å². The summed E-state index contributed by atoms with van der Waals surface area (Å²) >= 11 is 1.67. The topological polar surface area (TPSA) is 152 Å². The molecule has 2 fully saturated rings. The third-order valence-electron chi connectivity index (χ3n) is 5.23. The Labute approximate surface area is 178 Å². The summed E-state index contributed by atoms with van der Waals surface area (Å²) < 4.78 is 20.5. The Kier molecular flexibility index (Phi) is 5.86. The number of hydrogen-bond acceptors (Lipinski definition) is 10. The van der Waals surface area contributed by atoms with Crippen LogP contribution < -0.4 is 16.8 Å². The summed E-state index contributed by atoms with van der Waals surface area (Å²) in [6.07, 6.45) is 2.44. The number of fused-ring (bicyclic) bond motifs is 2. The summed E-state index contributed by atoms with van der Waals surface area (Å²) in [6, 6.07) is -0.514. The molecular weight excluding hydrogens is 410 g/mol. The number of imidazole rings is 1. The van der Waals surface area contributed by atoms with E-state index in [1.165, 1.54) is 6.33 Å². The van der Waals surface area contributed by atoms with Gasteiger partial charge in [0.2, 0.25) is 5.91 Å². The highest BCUT2D eigenvalue weighted by molar-refractivity contribution is 7.99. The van der Waals surface area contributed by atoms with Crippen molar-refractivity contribution in [1.29, 1.82) is 0 Å². The molecule has 5 N–H and O–H groups in total. The number of hydrogen-bond donors (Lipinski definition) is 3. The number of aromatic nitrogens is 4. The lowest BCUT2D eigenvalue weighted by Crippen LogP contribution is -2.39.